The average Bonchev–Trinajstić information content (AvgIpc) is 2.59. The molecule has 0 saturated carbocycles. The Balaban J connectivity index is 1.72. The maximum Gasteiger partial charge on any atom is 0.276 e. The van der Waals surface area contributed by atoms with Crippen molar-refractivity contribution in [2.45, 2.75) is 19.3 Å². The van der Waals surface area contributed by atoms with Crippen molar-refractivity contribution in [3.05, 3.63) is 47.9 Å². The van der Waals surface area contributed by atoms with Crippen molar-refractivity contribution in [1.82, 2.24) is 9.97 Å². The van der Waals surface area contributed by atoms with Crippen molar-refractivity contribution >= 4 is 17.4 Å². The van der Waals surface area contributed by atoms with Crippen LogP contribution in [0, 0.1) is 11.6 Å². The summed E-state index contributed by atoms with van der Waals surface area (Å²) in [5.74, 6) is -1.67. The number of para-hydroxylation sites is 1. The molecule has 1 saturated heterocycles. The van der Waals surface area contributed by atoms with E-state index in [4.69, 9.17) is 0 Å². The summed E-state index contributed by atoms with van der Waals surface area (Å²) in [6, 6.07) is 3.38. The first-order chi connectivity index (χ1) is 11.1. The van der Waals surface area contributed by atoms with Gasteiger partial charge >= 0.3 is 0 Å². The normalized spacial score (nSPS) is 14.6. The number of nitrogens with one attached hydrogen (secondary N) is 1. The van der Waals surface area contributed by atoms with E-state index in [1.165, 1.54) is 24.9 Å². The van der Waals surface area contributed by atoms with E-state index >= 15 is 0 Å². The predicted molar refractivity (Wildman–Crippen MR) is 82.4 cm³/mol. The number of hydrogen-bond acceptors (Lipinski definition) is 4. The summed E-state index contributed by atoms with van der Waals surface area (Å²) in [6.07, 6.45) is 6.25. The lowest BCUT2D eigenvalue weighted by Crippen LogP contribution is -2.30. The Kier molecular flexibility index (Phi) is 4.45. The smallest absolute Gasteiger partial charge is 0.276 e. The van der Waals surface area contributed by atoms with Gasteiger partial charge in [-0.2, -0.15) is 0 Å². The minimum absolute atomic E-state index is 0.00779. The molecule has 2 aromatic rings. The number of amides is 1. The Hall–Kier alpha value is -2.57. The molecule has 1 fully saturated rings. The highest BCUT2D eigenvalue weighted by Crippen LogP contribution is 2.19. The van der Waals surface area contributed by atoms with Crippen LogP contribution in [0.25, 0.3) is 0 Å². The van der Waals surface area contributed by atoms with Crippen molar-refractivity contribution in [3.8, 4) is 0 Å². The molecule has 1 aliphatic heterocycles. The summed E-state index contributed by atoms with van der Waals surface area (Å²) in [6.45, 7) is 1.83. The molecule has 7 heteroatoms. The second-order valence-corrected chi connectivity index (χ2v) is 5.36. The van der Waals surface area contributed by atoms with Crippen LogP contribution >= 0.6 is 0 Å². The first kappa shape index (κ1) is 15.3. The quantitative estimate of drug-likeness (QED) is 0.945. The Labute approximate surface area is 132 Å². The zero-order valence-electron chi connectivity index (χ0n) is 12.4. The number of carbonyl (C=O) groups excluding carboxylic acids is 1. The maximum atomic E-state index is 13.5. The van der Waals surface area contributed by atoms with E-state index in [0.717, 1.165) is 38.1 Å². The van der Waals surface area contributed by atoms with Gasteiger partial charge in [0.15, 0.2) is 0 Å². The van der Waals surface area contributed by atoms with Gasteiger partial charge in [0.05, 0.1) is 12.4 Å². The Morgan fingerprint density at radius 2 is 1.74 bits per heavy atom. The number of rotatable bonds is 3. The largest absolute Gasteiger partial charge is 0.355 e. The lowest BCUT2D eigenvalue weighted by atomic mass is 10.1. The number of hydrogen-bond donors (Lipinski definition) is 1. The van der Waals surface area contributed by atoms with Gasteiger partial charge in [-0.1, -0.05) is 6.07 Å². The molecule has 1 N–H and O–H groups in total. The van der Waals surface area contributed by atoms with Crippen LogP contribution in [-0.2, 0) is 0 Å². The van der Waals surface area contributed by atoms with Crippen molar-refractivity contribution in [3.63, 3.8) is 0 Å². The van der Waals surface area contributed by atoms with Crippen molar-refractivity contribution in [2.75, 3.05) is 23.3 Å². The molecule has 0 spiro atoms. The number of halogens is 2. The number of piperidine rings is 1. The van der Waals surface area contributed by atoms with E-state index < -0.39 is 23.2 Å². The van der Waals surface area contributed by atoms with Crippen LogP contribution < -0.4 is 10.2 Å². The van der Waals surface area contributed by atoms with E-state index in [2.05, 4.69) is 20.2 Å². The minimum atomic E-state index is -0.837. The Morgan fingerprint density at radius 1 is 1.04 bits per heavy atom. The molecule has 5 nitrogen and oxygen atoms in total. The fourth-order valence-electron chi connectivity index (χ4n) is 2.52. The Morgan fingerprint density at radius 3 is 2.35 bits per heavy atom. The molecule has 2 heterocycles. The third-order valence-corrected chi connectivity index (χ3v) is 3.75. The topological polar surface area (TPSA) is 58.1 Å². The number of anilines is 2. The Bertz CT molecular complexity index is 679. The number of aromatic nitrogens is 2. The van der Waals surface area contributed by atoms with E-state index in [0.29, 0.717) is 5.82 Å². The molecule has 0 radical (unpaired) electrons. The zero-order valence-corrected chi connectivity index (χ0v) is 12.4. The summed E-state index contributed by atoms with van der Waals surface area (Å²) in [5.41, 5.74) is -0.479. The van der Waals surface area contributed by atoms with Crippen molar-refractivity contribution < 1.29 is 13.6 Å². The van der Waals surface area contributed by atoms with Crippen LogP contribution in [0.4, 0.5) is 20.3 Å². The second kappa shape index (κ2) is 6.68. The van der Waals surface area contributed by atoms with Gasteiger partial charge in [-0.05, 0) is 31.4 Å². The number of nitrogens with zero attached hydrogens (tertiary/aromatic N) is 3. The highest BCUT2D eigenvalue weighted by molar-refractivity contribution is 6.02. The summed E-state index contributed by atoms with van der Waals surface area (Å²) in [5, 5.41) is 2.19. The monoisotopic (exact) mass is 318 g/mol. The molecular weight excluding hydrogens is 302 g/mol. The molecule has 120 valence electrons. The van der Waals surface area contributed by atoms with Crippen molar-refractivity contribution in [2.24, 2.45) is 0 Å². The fourth-order valence-corrected chi connectivity index (χ4v) is 2.52. The maximum absolute atomic E-state index is 13.5. The molecular formula is C16H16F2N4O. The lowest BCUT2D eigenvalue weighted by molar-refractivity contribution is 0.102. The molecule has 1 aliphatic rings. The number of benzene rings is 1. The molecule has 0 aliphatic carbocycles. The van der Waals surface area contributed by atoms with Gasteiger partial charge in [0.2, 0.25) is 0 Å². The minimum Gasteiger partial charge on any atom is -0.355 e. The third kappa shape index (κ3) is 3.44. The summed E-state index contributed by atoms with van der Waals surface area (Å²) >= 11 is 0. The molecule has 1 amide bonds. The average molecular weight is 318 g/mol. The summed E-state index contributed by atoms with van der Waals surface area (Å²) in [4.78, 5) is 22.4. The van der Waals surface area contributed by atoms with Crippen LogP contribution in [0.3, 0.4) is 0 Å². The van der Waals surface area contributed by atoms with E-state index in [9.17, 15) is 13.6 Å². The molecule has 23 heavy (non-hydrogen) atoms. The predicted octanol–water partition coefficient (Wildman–Crippen LogP) is 3.00. The molecule has 1 aromatic carbocycles. The molecule has 0 atom stereocenters. The first-order valence-electron chi connectivity index (χ1n) is 7.47. The zero-order chi connectivity index (χ0) is 16.2. The van der Waals surface area contributed by atoms with Gasteiger partial charge < -0.3 is 10.2 Å². The van der Waals surface area contributed by atoms with Gasteiger partial charge in [-0.25, -0.2) is 18.7 Å². The standard InChI is InChI=1S/C16H16F2N4O/c17-11-5-4-6-12(18)15(11)21-16(23)13-9-20-14(10-19-13)22-7-2-1-3-8-22/h4-6,9-10H,1-3,7-8H2,(H,21,23). The highest BCUT2D eigenvalue weighted by Gasteiger charge is 2.16. The van der Waals surface area contributed by atoms with E-state index in [1.54, 1.807) is 0 Å². The van der Waals surface area contributed by atoms with E-state index in [1.807, 2.05) is 0 Å². The first-order valence-corrected chi connectivity index (χ1v) is 7.47. The lowest BCUT2D eigenvalue weighted by Gasteiger charge is -2.27. The van der Waals surface area contributed by atoms with Gasteiger partial charge in [0, 0.05) is 13.1 Å². The van der Waals surface area contributed by atoms with Crippen molar-refractivity contribution in [1.29, 1.82) is 0 Å². The molecule has 3 rings (SSSR count). The van der Waals surface area contributed by atoms with Crippen LogP contribution in [0.1, 0.15) is 29.8 Å². The highest BCUT2D eigenvalue weighted by atomic mass is 19.1. The fraction of sp³-hybridized carbons (Fsp3) is 0.312. The van der Waals surface area contributed by atoms with E-state index in [-0.39, 0.29) is 5.69 Å². The third-order valence-electron chi connectivity index (χ3n) is 3.75. The van der Waals surface area contributed by atoms with Crippen LogP contribution in [0.5, 0.6) is 0 Å². The number of carbonyl (C=O) groups is 1. The van der Waals surface area contributed by atoms with Gasteiger partial charge in [0.25, 0.3) is 5.91 Å². The summed E-state index contributed by atoms with van der Waals surface area (Å²) < 4.78 is 27.1. The molecule has 1 aromatic heterocycles. The molecule has 0 unspecified atom stereocenters. The van der Waals surface area contributed by atoms with Crippen LogP contribution in [-0.4, -0.2) is 29.0 Å². The van der Waals surface area contributed by atoms with Gasteiger partial charge in [-0.15, -0.1) is 0 Å². The molecule has 0 bridgehead atoms. The second-order valence-electron chi connectivity index (χ2n) is 5.36. The summed E-state index contributed by atoms with van der Waals surface area (Å²) in [7, 11) is 0. The van der Waals surface area contributed by atoms with Crippen LogP contribution in [0.2, 0.25) is 0 Å². The van der Waals surface area contributed by atoms with Gasteiger partial charge in [0.1, 0.15) is 28.8 Å². The van der Waals surface area contributed by atoms with Gasteiger partial charge in [-0.3, -0.25) is 4.79 Å². The van der Waals surface area contributed by atoms with Crippen LogP contribution in [0.15, 0.2) is 30.6 Å². The SMILES string of the molecule is O=C(Nc1c(F)cccc1F)c1cnc(N2CCCCC2)cn1.